The quantitative estimate of drug-likeness (QED) is 0.649. The molecule has 2 saturated carbocycles. The number of nitrogens with zero attached hydrogens (tertiary/aromatic N) is 1. The SMILES string of the molecule is CCNCCN(C)CC1C2CCCC21. The summed E-state index contributed by atoms with van der Waals surface area (Å²) in [7, 11) is 2.27. The minimum Gasteiger partial charge on any atom is -0.316 e. The molecule has 0 spiro atoms. The highest BCUT2D eigenvalue weighted by Gasteiger charge is 2.52. The zero-order chi connectivity index (χ0) is 9.97. The van der Waals surface area contributed by atoms with Crippen molar-refractivity contribution in [1.82, 2.24) is 10.2 Å². The van der Waals surface area contributed by atoms with Gasteiger partial charge in [-0.2, -0.15) is 0 Å². The summed E-state index contributed by atoms with van der Waals surface area (Å²) in [6.45, 7) is 6.98. The molecule has 2 atom stereocenters. The molecule has 0 amide bonds. The van der Waals surface area contributed by atoms with Gasteiger partial charge in [0.05, 0.1) is 0 Å². The lowest BCUT2D eigenvalue weighted by atomic mass is 10.1. The van der Waals surface area contributed by atoms with Crippen LogP contribution in [-0.4, -0.2) is 38.1 Å². The van der Waals surface area contributed by atoms with Crippen molar-refractivity contribution in [2.75, 3.05) is 33.2 Å². The fourth-order valence-electron chi connectivity index (χ4n) is 3.14. The molecule has 0 aromatic rings. The molecule has 0 aliphatic heterocycles. The van der Waals surface area contributed by atoms with Crippen LogP contribution in [0.15, 0.2) is 0 Å². The van der Waals surface area contributed by atoms with E-state index in [1.165, 1.54) is 32.4 Å². The second-order valence-electron chi connectivity index (χ2n) is 5.04. The van der Waals surface area contributed by atoms with E-state index in [1.54, 1.807) is 0 Å². The highest BCUT2D eigenvalue weighted by Crippen LogP contribution is 2.57. The fourth-order valence-corrected chi connectivity index (χ4v) is 3.14. The van der Waals surface area contributed by atoms with Gasteiger partial charge >= 0.3 is 0 Å². The third kappa shape index (κ3) is 2.29. The molecule has 0 radical (unpaired) electrons. The predicted molar refractivity (Wildman–Crippen MR) is 60.4 cm³/mol. The second-order valence-corrected chi connectivity index (χ2v) is 5.04. The van der Waals surface area contributed by atoms with Crippen molar-refractivity contribution in [3.05, 3.63) is 0 Å². The van der Waals surface area contributed by atoms with Crippen molar-refractivity contribution >= 4 is 0 Å². The molecule has 0 bridgehead atoms. The van der Waals surface area contributed by atoms with E-state index in [4.69, 9.17) is 0 Å². The average molecular weight is 196 g/mol. The van der Waals surface area contributed by atoms with E-state index < -0.39 is 0 Å². The first-order valence-corrected chi connectivity index (χ1v) is 6.22. The first-order valence-electron chi connectivity index (χ1n) is 6.22. The normalized spacial score (nSPS) is 34.9. The number of rotatable bonds is 6. The van der Waals surface area contributed by atoms with E-state index in [0.717, 1.165) is 30.8 Å². The van der Waals surface area contributed by atoms with Crippen molar-refractivity contribution in [2.45, 2.75) is 26.2 Å². The van der Waals surface area contributed by atoms with Gasteiger partial charge in [-0.05, 0) is 44.2 Å². The monoisotopic (exact) mass is 196 g/mol. The molecule has 2 aliphatic carbocycles. The molecule has 82 valence electrons. The zero-order valence-corrected chi connectivity index (χ0v) is 9.63. The largest absolute Gasteiger partial charge is 0.316 e. The molecule has 0 heterocycles. The van der Waals surface area contributed by atoms with Crippen LogP contribution in [0.3, 0.4) is 0 Å². The lowest BCUT2D eigenvalue weighted by Gasteiger charge is -2.17. The minimum absolute atomic E-state index is 1.07. The molecule has 0 saturated heterocycles. The molecular formula is C12H24N2. The van der Waals surface area contributed by atoms with Crippen LogP contribution in [0.2, 0.25) is 0 Å². The summed E-state index contributed by atoms with van der Waals surface area (Å²) in [4.78, 5) is 2.51. The minimum atomic E-state index is 1.07. The third-order valence-corrected chi connectivity index (χ3v) is 4.03. The van der Waals surface area contributed by atoms with E-state index in [9.17, 15) is 0 Å². The number of likely N-dealkylation sites (N-methyl/N-ethyl adjacent to an activating group) is 2. The Morgan fingerprint density at radius 3 is 2.64 bits per heavy atom. The molecule has 2 fully saturated rings. The lowest BCUT2D eigenvalue weighted by Crippen LogP contribution is -2.31. The van der Waals surface area contributed by atoms with Gasteiger partial charge in [-0.25, -0.2) is 0 Å². The molecule has 0 aromatic carbocycles. The van der Waals surface area contributed by atoms with Gasteiger partial charge in [0, 0.05) is 19.6 Å². The Labute approximate surface area is 88.1 Å². The first kappa shape index (κ1) is 10.4. The maximum Gasteiger partial charge on any atom is 0.0104 e. The molecule has 1 N–H and O–H groups in total. The van der Waals surface area contributed by atoms with E-state index in [-0.39, 0.29) is 0 Å². The Bertz CT molecular complexity index is 171. The van der Waals surface area contributed by atoms with E-state index in [0.29, 0.717) is 0 Å². The predicted octanol–water partition coefficient (Wildman–Crippen LogP) is 1.57. The summed E-state index contributed by atoms with van der Waals surface area (Å²) in [6, 6.07) is 0. The maximum atomic E-state index is 3.38. The summed E-state index contributed by atoms with van der Waals surface area (Å²) in [5.74, 6) is 3.31. The molecule has 2 rings (SSSR count). The van der Waals surface area contributed by atoms with Crippen LogP contribution < -0.4 is 5.32 Å². The van der Waals surface area contributed by atoms with Gasteiger partial charge in [0.2, 0.25) is 0 Å². The van der Waals surface area contributed by atoms with Crippen molar-refractivity contribution in [3.8, 4) is 0 Å². The summed E-state index contributed by atoms with van der Waals surface area (Å²) >= 11 is 0. The molecular weight excluding hydrogens is 172 g/mol. The lowest BCUT2D eigenvalue weighted by molar-refractivity contribution is 0.301. The van der Waals surface area contributed by atoms with E-state index >= 15 is 0 Å². The smallest absolute Gasteiger partial charge is 0.0104 e. The third-order valence-electron chi connectivity index (χ3n) is 4.03. The fraction of sp³-hybridized carbons (Fsp3) is 1.00. The molecule has 0 aromatic heterocycles. The van der Waals surface area contributed by atoms with Crippen LogP contribution in [0.25, 0.3) is 0 Å². The van der Waals surface area contributed by atoms with Crippen LogP contribution in [-0.2, 0) is 0 Å². The molecule has 14 heavy (non-hydrogen) atoms. The van der Waals surface area contributed by atoms with Gasteiger partial charge in [0.15, 0.2) is 0 Å². The topological polar surface area (TPSA) is 15.3 Å². The van der Waals surface area contributed by atoms with Gasteiger partial charge < -0.3 is 10.2 Å². The number of hydrogen-bond donors (Lipinski definition) is 1. The van der Waals surface area contributed by atoms with Crippen molar-refractivity contribution in [3.63, 3.8) is 0 Å². The van der Waals surface area contributed by atoms with Crippen LogP contribution in [0.5, 0.6) is 0 Å². The van der Waals surface area contributed by atoms with Crippen molar-refractivity contribution in [1.29, 1.82) is 0 Å². The standard InChI is InChI=1S/C12H24N2/c1-3-13-7-8-14(2)9-12-10-5-4-6-11(10)12/h10-13H,3-9H2,1-2H3. The summed E-state index contributed by atoms with van der Waals surface area (Å²) in [5.41, 5.74) is 0. The van der Waals surface area contributed by atoms with Gasteiger partial charge in [-0.15, -0.1) is 0 Å². The first-order chi connectivity index (χ1) is 6.83. The molecule has 2 aliphatic rings. The van der Waals surface area contributed by atoms with Crippen molar-refractivity contribution in [2.24, 2.45) is 17.8 Å². The maximum absolute atomic E-state index is 3.38. The Hall–Kier alpha value is -0.0800. The average Bonchev–Trinajstić information content (AvgIpc) is 2.64. The molecule has 2 unspecified atom stereocenters. The second kappa shape index (κ2) is 4.63. The zero-order valence-electron chi connectivity index (χ0n) is 9.63. The van der Waals surface area contributed by atoms with Crippen molar-refractivity contribution < 1.29 is 0 Å². The number of hydrogen-bond acceptors (Lipinski definition) is 2. The number of nitrogens with one attached hydrogen (secondary N) is 1. The highest BCUT2D eigenvalue weighted by atomic mass is 15.1. The van der Waals surface area contributed by atoms with E-state index in [1.807, 2.05) is 0 Å². The Kier molecular flexibility index (Phi) is 3.45. The Morgan fingerprint density at radius 1 is 1.29 bits per heavy atom. The Morgan fingerprint density at radius 2 is 2.00 bits per heavy atom. The van der Waals surface area contributed by atoms with Crippen LogP contribution in [0, 0.1) is 17.8 Å². The van der Waals surface area contributed by atoms with Gasteiger partial charge in [-0.3, -0.25) is 0 Å². The van der Waals surface area contributed by atoms with E-state index in [2.05, 4.69) is 24.2 Å². The Balaban J connectivity index is 1.57. The van der Waals surface area contributed by atoms with Gasteiger partial charge in [-0.1, -0.05) is 13.3 Å². The van der Waals surface area contributed by atoms with Crippen LogP contribution in [0.1, 0.15) is 26.2 Å². The molecule has 2 heteroatoms. The van der Waals surface area contributed by atoms with Crippen LogP contribution in [0.4, 0.5) is 0 Å². The number of fused-ring (bicyclic) bond motifs is 1. The summed E-state index contributed by atoms with van der Waals surface area (Å²) < 4.78 is 0. The summed E-state index contributed by atoms with van der Waals surface area (Å²) in [5, 5.41) is 3.38. The van der Waals surface area contributed by atoms with Gasteiger partial charge in [0.1, 0.15) is 0 Å². The van der Waals surface area contributed by atoms with Crippen LogP contribution >= 0.6 is 0 Å². The highest BCUT2D eigenvalue weighted by molar-refractivity contribution is 5.01. The molecule has 2 nitrogen and oxygen atoms in total. The van der Waals surface area contributed by atoms with Gasteiger partial charge in [0.25, 0.3) is 0 Å². The summed E-state index contributed by atoms with van der Waals surface area (Å²) in [6.07, 6.45) is 4.56.